The first-order valence-electron chi connectivity index (χ1n) is 6.58. The van der Waals surface area contributed by atoms with E-state index in [0.717, 1.165) is 18.5 Å². The van der Waals surface area contributed by atoms with Gasteiger partial charge in [-0.15, -0.1) is 0 Å². The van der Waals surface area contributed by atoms with E-state index in [2.05, 4.69) is 15.1 Å². The Morgan fingerprint density at radius 3 is 2.80 bits per heavy atom. The van der Waals surface area contributed by atoms with Gasteiger partial charge in [0.2, 0.25) is 0 Å². The molecule has 1 unspecified atom stereocenters. The Labute approximate surface area is 118 Å². The van der Waals surface area contributed by atoms with Crippen LogP contribution in [-0.2, 0) is 15.6 Å². The minimum absolute atomic E-state index is 0.509. The summed E-state index contributed by atoms with van der Waals surface area (Å²) in [6.07, 6.45) is 8.40. The average Bonchev–Trinajstić information content (AvgIpc) is 2.49. The van der Waals surface area contributed by atoms with Crippen molar-refractivity contribution in [2.75, 3.05) is 12.8 Å². The normalized spacial score (nSPS) is 12.2. The summed E-state index contributed by atoms with van der Waals surface area (Å²) in [6, 6.07) is 3.70. The molecule has 0 aliphatic carbocycles. The summed E-state index contributed by atoms with van der Waals surface area (Å²) in [5.41, 5.74) is 0.879. The van der Waals surface area contributed by atoms with E-state index in [-0.39, 0.29) is 0 Å². The van der Waals surface area contributed by atoms with Crippen LogP contribution in [0.15, 0.2) is 36.9 Å². The van der Waals surface area contributed by atoms with Gasteiger partial charge in [0, 0.05) is 36.6 Å². The highest BCUT2D eigenvalue weighted by atomic mass is 31.1. The third-order valence-electron chi connectivity index (χ3n) is 2.67. The number of hydrogen-bond donors (Lipinski definition) is 0. The van der Waals surface area contributed by atoms with E-state index in [9.17, 15) is 4.57 Å². The van der Waals surface area contributed by atoms with Crippen LogP contribution in [0, 0.1) is 0 Å². The van der Waals surface area contributed by atoms with Gasteiger partial charge in [0.05, 0.1) is 6.61 Å². The van der Waals surface area contributed by atoms with Gasteiger partial charge in [-0.3, -0.25) is 4.57 Å². The number of hydrogen-bond acceptors (Lipinski definition) is 5. The van der Waals surface area contributed by atoms with Crippen molar-refractivity contribution in [2.45, 2.75) is 19.9 Å². The van der Waals surface area contributed by atoms with E-state index in [0.29, 0.717) is 18.6 Å². The molecule has 0 radical (unpaired) electrons. The first-order valence-corrected chi connectivity index (χ1v) is 8.10. The molecule has 2 rings (SSSR count). The van der Waals surface area contributed by atoms with Crippen LogP contribution >= 0.6 is 8.03 Å². The molecule has 0 aliphatic heterocycles. The maximum atomic E-state index is 11.4. The van der Waals surface area contributed by atoms with Gasteiger partial charge in [0.15, 0.2) is 26.6 Å². The van der Waals surface area contributed by atoms with E-state index < -0.39 is 8.03 Å². The lowest BCUT2D eigenvalue weighted by Gasteiger charge is -2.00. The van der Waals surface area contributed by atoms with Crippen LogP contribution < -0.4 is 4.68 Å². The highest BCUT2D eigenvalue weighted by Crippen LogP contribution is 2.22. The molecule has 0 amide bonds. The molecule has 2 aromatic rings. The number of nitrogens with zero attached hydrogens (tertiary/aromatic N) is 4. The summed E-state index contributed by atoms with van der Waals surface area (Å²) in [7, 11) is -1.87. The molecule has 6 nitrogen and oxygen atoms in total. The zero-order valence-corrected chi connectivity index (χ0v) is 12.4. The summed E-state index contributed by atoms with van der Waals surface area (Å²) < 4.78 is 18.3. The highest BCUT2D eigenvalue weighted by molar-refractivity contribution is 7.39. The van der Waals surface area contributed by atoms with Crippen molar-refractivity contribution >= 4 is 8.03 Å². The molecule has 1 atom stereocenters. The minimum atomic E-state index is -1.87. The maximum absolute atomic E-state index is 11.4. The lowest BCUT2D eigenvalue weighted by molar-refractivity contribution is -0.753. The van der Waals surface area contributed by atoms with Gasteiger partial charge < -0.3 is 4.52 Å². The average molecular weight is 293 g/mol. The van der Waals surface area contributed by atoms with E-state index in [1.807, 2.05) is 23.9 Å². The first-order chi connectivity index (χ1) is 9.79. The van der Waals surface area contributed by atoms with Crippen molar-refractivity contribution in [1.29, 1.82) is 0 Å². The van der Waals surface area contributed by atoms with Gasteiger partial charge in [-0.1, -0.05) is 4.68 Å². The Hall–Kier alpha value is -1.65. The highest BCUT2D eigenvalue weighted by Gasteiger charge is 2.07. The third kappa shape index (κ3) is 4.47. The molecular weight excluding hydrogens is 275 g/mol. The van der Waals surface area contributed by atoms with Crippen molar-refractivity contribution in [1.82, 2.24) is 15.1 Å². The van der Waals surface area contributed by atoms with Gasteiger partial charge in [-0.25, -0.2) is 9.97 Å². The van der Waals surface area contributed by atoms with Crippen molar-refractivity contribution in [3.8, 4) is 11.4 Å². The molecule has 7 heteroatoms. The Kier molecular flexibility index (Phi) is 5.77. The molecule has 0 spiro atoms. The zero-order valence-electron chi connectivity index (χ0n) is 11.4. The summed E-state index contributed by atoms with van der Waals surface area (Å²) in [4.78, 5) is 8.34. The fourth-order valence-electron chi connectivity index (χ4n) is 1.72. The largest absolute Gasteiger partial charge is 0.331 e. The quantitative estimate of drug-likeness (QED) is 0.574. The monoisotopic (exact) mass is 293 g/mol. The van der Waals surface area contributed by atoms with Crippen LogP contribution in [0.4, 0.5) is 0 Å². The van der Waals surface area contributed by atoms with Crippen molar-refractivity contribution < 1.29 is 13.8 Å². The molecule has 0 saturated heterocycles. The molecule has 2 heterocycles. The smallest absolute Gasteiger partial charge is 0.197 e. The fourth-order valence-corrected chi connectivity index (χ4v) is 2.63. The second kappa shape index (κ2) is 7.82. The Morgan fingerprint density at radius 2 is 2.15 bits per heavy atom. The second-order valence-corrected chi connectivity index (χ2v) is 5.69. The fraction of sp³-hybridized carbons (Fsp3) is 0.385. The molecule has 106 valence electrons. The molecule has 20 heavy (non-hydrogen) atoms. The summed E-state index contributed by atoms with van der Waals surface area (Å²) in [5, 5.41) is 4.30. The van der Waals surface area contributed by atoms with Gasteiger partial charge in [0.1, 0.15) is 6.20 Å². The van der Waals surface area contributed by atoms with Crippen molar-refractivity contribution in [2.24, 2.45) is 0 Å². The van der Waals surface area contributed by atoms with Crippen LogP contribution in [-0.4, -0.2) is 27.8 Å². The third-order valence-corrected chi connectivity index (χ3v) is 4.04. The van der Waals surface area contributed by atoms with Crippen LogP contribution in [0.5, 0.6) is 0 Å². The van der Waals surface area contributed by atoms with Crippen molar-refractivity contribution in [3.63, 3.8) is 0 Å². The Balaban J connectivity index is 1.88. The molecule has 0 saturated carbocycles. The van der Waals surface area contributed by atoms with Crippen LogP contribution in [0.1, 0.15) is 13.3 Å². The van der Waals surface area contributed by atoms with E-state index >= 15 is 0 Å². The molecule has 0 fully saturated rings. The van der Waals surface area contributed by atoms with Crippen LogP contribution in [0.25, 0.3) is 11.4 Å². The SMILES string of the molecule is CCO[PH](=O)CCC[n+]1ccc(-c2ncccn2)cn1. The molecule has 0 N–H and O–H groups in total. The molecule has 0 aliphatic rings. The second-order valence-electron chi connectivity index (χ2n) is 4.16. The van der Waals surface area contributed by atoms with Crippen LogP contribution in [0.2, 0.25) is 0 Å². The number of aryl methyl sites for hydroxylation is 1. The van der Waals surface area contributed by atoms with E-state index in [1.54, 1.807) is 24.7 Å². The molecule has 0 aromatic carbocycles. The Morgan fingerprint density at radius 1 is 1.35 bits per heavy atom. The van der Waals surface area contributed by atoms with Gasteiger partial charge in [0.25, 0.3) is 0 Å². The Bertz CT molecular complexity index is 548. The van der Waals surface area contributed by atoms with E-state index in [4.69, 9.17) is 4.52 Å². The lowest BCUT2D eigenvalue weighted by atomic mass is 10.3. The number of rotatable bonds is 7. The molecule has 0 bridgehead atoms. The zero-order chi connectivity index (χ0) is 14.2. The van der Waals surface area contributed by atoms with Gasteiger partial charge in [-0.2, -0.15) is 0 Å². The first kappa shape index (κ1) is 14.8. The standard InChI is InChI=1S/C13H18N4O2P/c1-2-19-20(18)10-4-8-17-9-5-12(11-16-17)13-14-6-3-7-15-13/h3,5-7,9,11,20H,2,4,8,10H2,1H3/q+1. The predicted molar refractivity (Wildman–Crippen MR) is 75.6 cm³/mol. The van der Waals surface area contributed by atoms with Crippen LogP contribution in [0.3, 0.4) is 0 Å². The van der Waals surface area contributed by atoms with Crippen molar-refractivity contribution in [3.05, 3.63) is 36.9 Å². The maximum Gasteiger partial charge on any atom is 0.197 e. The topological polar surface area (TPSA) is 68.8 Å². The lowest BCUT2D eigenvalue weighted by Crippen LogP contribution is -2.37. The predicted octanol–water partition coefficient (Wildman–Crippen LogP) is 1.73. The summed E-state index contributed by atoms with van der Waals surface area (Å²) in [5.74, 6) is 0.661. The number of aromatic nitrogens is 4. The molecular formula is C13H18N4O2P+. The summed E-state index contributed by atoms with van der Waals surface area (Å²) >= 11 is 0. The summed E-state index contributed by atoms with van der Waals surface area (Å²) in [6.45, 7) is 3.08. The minimum Gasteiger partial charge on any atom is -0.331 e. The van der Waals surface area contributed by atoms with Gasteiger partial charge in [-0.05, 0) is 18.1 Å². The van der Waals surface area contributed by atoms with E-state index in [1.165, 1.54) is 0 Å². The van der Waals surface area contributed by atoms with Gasteiger partial charge >= 0.3 is 0 Å². The molecule has 2 aromatic heterocycles.